The minimum absolute atomic E-state index is 0.215. The molecule has 0 atom stereocenters. The first kappa shape index (κ1) is 30.6. The summed E-state index contributed by atoms with van der Waals surface area (Å²) in [5.41, 5.74) is 3.53. The fraction of sp³-hybridized carbons (Fsp3) is 0.487. The van der Waals surface area contributed by atoms with Crippen molar-refractivity contribution in [2.75, 3.05) is 0 Å². The Morgan fingerprint density at radius 3 is 1.95 bits per heavy atom. The van der Waals surface area contributed by atoms with Crippen LogP contribution >= 0.6 is 0 Å². The lowest BCUT2D eigenvalue weighted by atomic mass is 9.68. The third kappa shape index (κ3) is 7.21. The van der Waals surface area contributed by atoms with Crippen molar-refractivity contribution in [1.82, 2.24) is 0 Å². The average Bonchev–Trinajstić information content (AvgIpc) is 3.02. The van der Waals surface area contributed by atoms with Gasteiger partial charge in [-0.15, -0.1) is 6.58 Å². The van der Waals surface area contributed by atoms with Crippen LogP contribution in [0.2, 0.25) is 0 Å². The van der Waals surface area contributed by atoms with E-state index in [4.69, 9.17) is 0 Å². The molecule has 0 N–H and O–H groups in total. The van der Waals surface area contributed by atoms with Crippen LogP contribution in [0.1, 0.15) is 107 Å². The van der Waals surface area contributed by atoms with Gasteiger partial charge in [-0.2, -0.15) is 0 Å². The van der Waals surface area contributed by atoms with Gasteiger partial charge in [0.2, 0.25) is 0 Å². The van der Waals surface area contributed by atoms with Crippen molar-refractivity contribution in [3.05, 3.63) is 95.8 Å². The molecular weight excluding hydrogens is 525 g/mol. The van der Waals surface area contributed by atoms with Crippen LogP contribution in [-0.2, 0) is 6.42 Å². The zero-order valence-electron chi connectivity index (χ0n) is 25.3. The van der Waals surface area contributed by atoms with E-state index < -0.39 is 11.6 Å². The molecule has 2 fully saturated rings. The van der Waals surface area contributed by atoms with E-state index in [9.17, 15) is 8.78 Å². The molecular formula is C39H47F3. The first-order valence-corrected chi connectivity index (χ1v) is 16.5. The molecule has 0 aromatic heterocycles. The van der Waals surface area contributed by atoms with Crippen LogP contribution in [0.5, 0.6) is 0 Å². The molecule has 3 aromatic carbocycles. The van der Waals surface area contributed by atoms with E-state index in [0.29, 0.717) is 35.4 Å². The Morgan fingerprint density at radius 2 is 1.33 bits per heavy atom. The lowest BCUT2D eigenvalue weighted by Gasteiger charge is -2.38. The second-order valence-electron chi connectivity index (χ2n) is 12.9. The number of halogens is 3. The number of hydrogen-bond acceptors (Lipinski definition) is 0. The Kier molecular flexibility index (Phi) is 10.6. The van der Waals surface area contributed by atoms with E-state index in [2.05, 4.69) is 19.6 Å². The largest absolute Gasteiger partial charge is 0.206 e. The third-order valence-corrected chi connectivity index (χ3v) is 10.3. The van der Waals surface area contributed by atoms with Gasteiger partial charge < -0.3 is 0 Å². The monoisotopic (exact) mass is 572 g/mol. The molecule has 2 aliphatic rings. The summed E-state index contributed by atoms with van der Waals surface area (Å²) < 4.78 is 44.8. The van der Waals surface area contributed by atoms with E-state index in [0.717, 1.165) is 41.7 Å². The first-order valence-electron chi connectivity index (χ1n) is 16.5. The fourth-order valence-electron chi connectivity index (χ4n) is 7.67. The summed E-state index contributed by atoms with van der Waals surface area (Å²) in [6.45, 7) is 5.93. The van der Waals surface area contributed by atoms with Crippen LogP contribution in [0.4, 0.5) is 13.2 Å². The lowest BCUT2D eigenvalue weighted by Crippen LogP contribution is -2.25. The van der Waals surface area contributed by atoms with Crippen molar-refractivity contribution in [3.8, 4) is 22.3 Å². The first-order chi connectivity index (χ1) is 20.5. The summed E-state index contributed by atoms with van der Waals surface area (Å²) in [6.07, 6.45) is 18.8. The maximum Gasteiger partial charge on any atom is 0.166 e. The predicted molar refractivity (Wildman–Crippen MR) is 170 cm³/mol. The molecule has 3 heteroatoms. The van der Waals surface area contributed by atoms with E-state index in [1.165, 1.54) is 64.2 Å². The minimum Gasteiger partial charge on any atom is -0.206 e. The predicted octanol–water partition coefficient (Wildman–Crippen LogP) is 12.2. The molecule has 0 heterocycles. The maximum absolute atomic E-state index is 15.4. The molecule has 0 radical (unpaired) electrons. The second-order valence-corrected chi connectivity index (χ2v) is 12.9. The van der Waals surface area contributed by atoms with E-state index in [-0.39, 0.29) is 11.4 Å². The highest BCUT2D eigenvalue weighted by Gasteiger charge is 2.31. The molecule has 0 spiro atoms. The smallest absolute Gasteiger partial charge is 0.166 e. The minimum atomic E-state index is -0.843. The number of unbranched alkanes of at least 4 members (excludes halogenated alkanes) is 2. The Balaban J connectivity index is 1.17. The quantitative estimate of drug-likeness (QED) is 0.158. The van der Waals surface area contributed by atoms with Crippen molar-refractivity contribution in [1.29, 1.82) is 0 Å². The fourth-order valence-corrected chi connectivity index (χ4v) is 7.67. The van der Waals surface area contributed by atoms with Crippen LogP contribution in [0.15, 0.2) is 67.3 Å². The standard InChI is InChI=1S/C39H47F3/c1-3-5-7-8-27-10-12-28(13-11-27)29-14-16-30(17-15-29)34-23-24-35(37(40)26-34)31-18-20-32(21-19-31)36-25-22-33(9-6-4-2)38(41)39(36)42/h4,18-30H,2-3,5-17H2,1H3. The Morgan fingerprint density at radius 1 is 0.714 bits per heavy atom. The zero-order chi connectivity index (χ0) is 29.5. The van der Waals surface area contributed by atoms with Crippen molar-refractivity contribution in [2.45, 2.75) is 103 Å². The summed E-state index contributed by atoms with van der Waals surface area (Å²) in [7, 11) is 0. The molecule has 0 saturated heterocycles. The average molecular weight is 573 g/mol. The van der Waals surface area contributed by atoms with Gasteiger partial charge in [-0.3, -0.25) is 0 Å². The summed E-state index contributed by atoms with van der Waals surface area (Å²) in [5.74, 6) is 1.28. The van der Waals surface area contributed by atoms with Crippen molar-refractivity contribution < 1.29 is 13.2 Å². The molecule has 2 saturated carbocycles. The number of benzene rings is 3. The Hall–Kier alpha value is -2.81. The molecule has 0 amide bonds. The molecule has 5 rings (SSSR count). The number of hydrogen-bond donors (Lipinski definition) is 0. The molecule has 2 aliphatic carbocycles. The molecule has 3 aromatic rings. The molecule has 0 bridgehead atoms. The van der Waals surface area contributed by atoms with Gasteiger partial charge in [0.15, 0.2) is 11.6 Å². The van der Waals surface area contributed by atoms with Gasteiger partial charge in [0.1, 0.15) is 5.82 Å². The van der Waals surface area contributed by atoms with Crippen LogP contribution < -0.4 is 0 Å². The highest BCUT2D eigenvalue weighted by atomic mass is 19.2. The summed E-state index contributed by atoms with van der Waals surface area (Å²) in [5, 5.41) is 0. The van der Waals surface area contributed by atoms with E-state index >= 15 is 4.39 Å². The van der Waals surface area contributed by atoms with Crippen LogP contribution in [0, 0.1) is 35.2 Å². The summed E-state index contributed by atoms with van der Waals surface area (Å²) in [4.78, 5) is 0. The summed E-state index contributed by atoms with van der Waals surface area (Å²) in [6, 6.07) is 16.0. The Labute approximate surface area is 251 Å². The number of aryl methyl sites for hydroxylation is 1. The van der Waals surface area contributed by atoms with Gasteiger partial charge >= 0.3 is 0 Å². The molecule has 0 nitrogen and oxygen atoms in total. The van der Waals surface area contributed by atoms with E-state index in [1.54, 1.807) is 48.5 Å². The lowest BCUT2D eigenvalue weighted by molar-refractivity contribution is 0.155. The van der Waals surface area contributed by atoms with Crippen molar-refractivity contribution in [2.24, 2.45) is 17.8 Å². The molecule has 42 heavy (non-hydrogen) atoms. The normalized spacial score (nSPS) is 22.7. The van der Waals surface area contributed by atoms with Crippen LogP contribution in [0.25, 0.3) is 22.3 Å². The number of rotatable bonds is 11. The molecule has 0 aliphatic heterocycles. The van der Waals surface area contributed by atoms with Crippen molar-refractivity contribution >= 4 is 0 Å². The topological polar surface area (TPSA) is 0 Å². The van der Waals surface area contributed by atoms with Gasteiger partial charge in [0.05, 0.1) is 0 Å². The molecule has 224 valence electrons. The maximum atomic E-state index is 15.4. The second kappa shape index (κ2) is 14.6. The van der Waals surface area contributed by atoms with Crippen LogP contribution in [0.3, 0.4) is 0 Å². The van der Waals surface area contributed by atoms with E-state index in [1.807, 2.05) is 6.07 Å². The van der Waals surface area contributed by atoms with Crippen LogP contribution in [-0.4, -0.2) is 0 Å². The number of allylic oxidation sites excluding steroid dienone is 1. The molecule has 0 unspecified atom stereocenters. The third-order valence-electron chi connectivity index (χ3n) is 10.3. The SMILES string of the molecule is C=CCCc1ccc(-c2ccc(-c3ccc(C4CCC(C5CCC(CCCCC)CC5)CC4)cc3F)cc2)c(F)c1F. The van der Waals surface area contributed by atoms with Gasteiger partial charge in [-0.05, 0) is 103 Å². The van der Waals surface area contributed by atoms with Crippen molar-refractivity contribution in [3.63, 3.8) is 0 Å². The Bertz CT molecular complexity index is 1310. The van der Waals surface area contributed by atoms with Gasteiger partial charge in [0, 0.05) is 11.1 Å². The van der Waals surface area contributed by atoms with Gasteiger partial charge in [-0.1, -0.05) is 100 Å². The van der Waals surface area contributed by atoms with Gasteiger partial charge in [-0.25, -0.2) is 13.2 Å². The highest BCUT2D eigenvalue weighted by Crippen LogP contribution is 2.45. The van der Waals surface area contributed by atoms with Gasteiger partial charge in [0.25, 0.3) is 0 Å². The zero-order valence-corrected chi connectivity index (χ0v) is 25.3. The summed E-state index contributed by atoms with van der Waals surface area (Å²) >= 11 is 0. The highest BCUT2D eigenvalue weighted by molar-refractivity contribution is 5.71.